The second-order valence-corrected chi connectivity index (χ2v) is 4.29. The minimum Gasteiger partial charge on any atom is -0.503 e. The zero-order valence-corrected chi connectivity index (χ0v) is 10.9. The van der Waals surface area contributed by atoms with Gasteiger partial charge in [0, 0.05) is 5.56 Å². The van der Waals surface area contributed by atoms with Crippen LogP contribution in [0.2, 0.25) is 0 Å². The molecule has 2 unspecified atom stereocenters. The average molecular weight is 312 g/mol. The molecule has 1 rings (SSSR count). The molecule has 4 nitrogen and oxygen atoms in total. The highest BCUT2D eigenvalue weighted by Gasteiger charge is 2.22. The van der Waals surface area contributed by atoms with Gasteiger partial charge in [-0.15, -0.1) is 11.6 Å². The lowest BCUT2D eigenvalue weighted by Crippen LogP contribution is -2.20. The van der Waals surface area contributed by atoms with E-state index >= 15 is 0 Å². The number of phenols is 1. The number of hydrogen-bond donors (Lipinski definition) is 3. The van der Waals surface area contributed by atoms with Crippen LogP contribution in [0.4, 0.5) is 0 Å². The van der Waals surface area contributed by atoms with Gasteiger partial charge >= 0.3 is 0 Å². The minimum absolute atomic E-state index is 0.0968. The van der Waals surface area contributed by atoms with Crippen LogP contribution in [0.25, 0.3) is 0 Å². The molecule has 0 saturated carbocycles. The molecule has 0 heterocycles. The molecule has 0 spiro atoms. The maximum Gasteiger partial charge on any atom is 0.172 e. The van der Waals surface area contributed by atoms with Gasteiger partial charge in [-0.2, -0.15) is 0 Å². The topological polar surface area (TPSA) is 69.9 Å². The van der Waals surface area contributed by atoms with Crippen molar-refractivity contribution in [1.82, 2.24) is 0 Å². The SMILES string of the molecule is COc1ccc(C(O)C(O)CCl)c(Br)c1O. The van der Waals surface area contributed by atoms with Crippen LogP contribution in [0.5, 0.6) is 11.5 Å². The predicted molar refractivity (Wildman–Crippen MR) is 64.0 cm³/mol. The average Bonchev–Trinajstić information content (AvgIpc) is 2.30. The summed E-state index contributed by atoms with van der Waals surface area (Å²) in [6, 6.07) is 3.04. The van der Waals surface area contributed by atoms with Crippen molar-refractivity contribution in [3.8, 4) is 11.5 Å². The molecule has 0 bridgehead atoms. The molecule has 1 aromatic carbocycles. The quantitative estimate of drug-likeness (QED) is 0.742. The van der Waals surface area contributed by atoms with Crippen LogP contribution in [0.1, 0.15) is 11.7 Å². The maximum absolute atomic E-state index is 9.74. The van der Waals surface area contributed by atoms with Crippen molar-refractivity contribution in [1.29, 1.82) is 0 Å². The Kier molecular flexibility index (Phi) is 4.86. The number of phenolic OH excluding ortho intramolecular Hbond substituents is 1. The smallest absolute Gasteiger partial charge is 0.172 e. The maximum atomic E-state index is 9.74. The second-order valence-electron chi connectivity index (χ2n) is 3.19. The molecule has 16 heavy (non-hydrogen) atoms. The zero-order valence-electron chi connectivity index (χ0n) is 8.52. The van der Waals surface area contributed by atoms with Crippen LogP contribution >= 0.6 is 27.5 Å². The Morgan fingerprint density at radius 1 is 1.44 bits per heavy atom. The second kappa shape index (κ2) is 5.72. The molecule has 0 aromatic heterocycles. The van der Waals surface area contributed by atoms with Crippen LogP contribution in [0, 0.1) is 0 Å². The largest absolute Gasteiger partial charge is 0.503 e. The highest BCUT2D eigenvalue weighted by atomic mass is 79.9. The Morgan fingerprint density at radius 2 is 2.06 bits per heavy atom. The van der Waals surface area contributed by atoms with Crippen molar-refractivity contribution in [2.75, 3.05) is 13.0 Å². The van der Waals surface area contributed by atoms with Crippen LogP contribution < -0.4 is 4.74 Å². The zero-order chi connectivity index (χ0) is 12.3. The van der Waals surface area contributed by atoms with E-state index in [2.05, 4.69) is 15.9 Å². The Balaban J connectivity index is 3.11. The van der Waals surface area contributed by atoms with E-state index in [9.17, 15) is 15.3 Å². The molecule has 0 fully saturated rings. The predicted octanol–water partition coefficient (Wildman–Crippen LogP) is 1.80. The highest BCUT2D eigenvalue weighted by molar-refractivity contribution is 9.10. The molecule has 0 radical (unpaired) electrons. The summed E-state index contributed by atoms with van der Waals surface area (Å²) in [7, 11) is 1.42. The molecule has 0 aliphatic carbocycles. The van der Waals surface area contributed by atoms with Gasteiger partial charge in [-0.05, 0) is 22.0 Å². The van der Waals surface area contributed by atoms with Crippen molar-refractivity contribution in [2.24, 2.45) is 0 Å². The van der Waals surface area contributed by atoms with Crippen molar-refractivity contribution < 1.29 is 20.1 Å². The molecule has 90 valence electrons. The third kappa shape index (κ3) is 2.60. The van der Waals surface area contributed by atoms with E-state index in [0.29, 0.717) is 5.56 Å². The number of ether oxygens (including phenoxy) is 1. The fourth-order valence-corrected chi connectivity index (χ4v) is 1.98. The minimum atomic E-state index is -1.16. The highest BCUT2D eigenvalue weighted by Crippen LogP contribution is 2.39. The number of aromatic hydroxyl groups is 1. The van der Waals surface area contributed by atoms with Gasteiger partial charge in [0.2, 0.25) is 0 Å². The van der Waals surface area contributed by atoms with Crippen molar-refractivity contribution in [2.45, 2.75) is 12.2 Å². The normalized spacial score (nSPS) is 14.6. The van der Waals surface area contributed by atoms with Crippen molar-refractivity contribution in [3.05, 3.63) is 22.2 Å². The Morgan fingerprint density at radius 3 is 2.56 bits per heavy atom. The van der Waals surface area contributed by atoms with E-state index in [0.717, 1.165) is 0 Å². The van der Waals surface area contributed by atoms with Gasteiger partial charge in [0.05, 0.1) is 23.6 Å². The van der Waals surface area contributed by atoms with Gasteiger partial charge < -0.3 is 20.1 Å². The van der Waals surface area contributed by atoms with Gasteiger partial charge in [0.15, 0.2) is 11.5 Å². The molecule has 6 heteroatoms. The third-order valence-electron chi connectivity index (χ3n) is 2.17. The lowest BCUT2D eigenvalue weighted by Gasteiger charge is -2.18. The van der Waals surface area contributed by atoms with Crippen molar-refractivity contribution >= 4 is 27.5 Å². The van der Waals surface area contributed by atoms with E-state index in [1.54, 1.807) is 6.07 Å². The summed E-state index contributed by atoms with van der Waals surface area (Å²) in [5.41, 5.74) is 0.353. The summed E-state index contributed by atoms with van der Waals surface area (Å²) < 4.78 is 5.18. The van der Waals surface area contributed by atoms with Crippen LogP contribution in [-0.2, 0) is 0 Å². The van der Waals surface area contributed by atoms with E-state index in [4.69, 9.17) is 16.3 Å². The molecular formula is C10H12BrClO4. The number of rotatable bonds is 4. The first kappa shape index (κ1) is 13.6. The van der Waals surface area contributed by atoms with E-state index in [1.165, 1.54) is 13.2 Å². The van der Waals surface area contributed by atoms with E-state index in [-0.39, 0.29) is 21.9 Å². The summed E-state index contributed by atoms with van der Waals surface area (Å²) in [6.45, 7) is 0. The van der Waals surface area contributed by atoms with Gasteiger partial charge in [-0.25, -0.2) is 0 Å². The monoisotopic (exact) mass is 310 g/mol. The Labute approximate surface area is 107 Å². The summed E-state index contributed by atoms with van der Waals surface area (Å²) in [6.07, 6.45) is -2.26. The lowest BCUT2D eigenvalue weighted by atomic mass is 10.0. The number of halogens is 2. The first-order chi connectivity index (χ1) is 7.52. The van der Waals surface area contributed by atoms with Gasteiger partial charge in [-0.1, -0.05) is 6.07 Å². The van der Waals surface area contributed by atoms with Crippen LogP contribution in [0.3, 0.4) is 0 Å². The molecule has 0 amide bonds. The molecular weight excluding hydrogens is 299 g/mol. The molecule has 2 atom stereocenters. The first-order valence-electron chi connectivity index (χ1n) is 4.50. The van der Waals surface area contributed by atoms with Gasteiger partial charge in [-0.3, -0.25) is 0 Å². The summed E-state index contributed by atoms with van der Waals surface area (Å²) in [5, 5.41) is 28.8. The molecule has 0 saturated heterocycles. The Bertz CT molecular complexity index is 372. The van der Waals surface area contributed by atoms with Gasteiger partial charge in [0.25, 0.3) is 0 Å². The molecule has 1 aromatic rings. The number of benzene rings is 1. The molecule has 0 aliphatic heterocycles. The standard InChI is InChI=1S/C10H12BrClO4/c1-16-7-3-2-5(8(11)10(7)15)9(14)6(13)4-12/h2-3,6,9,13-15H,4H2,1H3. The number of methoxy groups -OCH3 is 1. The summed E-state index contributed by atoms with van der Waals surface area (Å²) in [5.74, 6) is 0.0597. The summed E-state index contributed by atoms with van der Waals surface area (Å²) >= 11 is 8.56. The van der Waals surface area contributed by atoms with Crippen LogP contribution in [-0.4, -0.2) is 34.4 Å². The van der Waals surface area contributed by atoms with E-state index in [1.807, 2.05) is 0 Å². The third-order valence-corrected chi connectivity index (χ3v) is 3.32. The van der Waals surface area contributed by atoms with Crippen LogP contribution in [0.15, 0.2) is 16.6 Å². The molecule has 3 N–H and O–H groups in total. The number of hydrogen-bond acceptors (Lipinski definition) is 4. The van der Waals surface area contributed by atoms with E-state index < -0.39 is 12.2 Å². The fraction of sp³-hybridized carbons (Fsp3) is 0.400. The Hall–Kier alpha value is -0.490. The lowest BCUT2D eigenvalue weighted by molar-refractivity contribution is 0.0321. The van der Waals surface area contributed by atoms with Crippen molar-refractivity contribution in [3.63, 3.8) is 0 Å². The number of aliphatic hydroxyl groups excluding tert-OH is 2. The molecule has 0 aliphatic rings. The summed E-state index contributed by atoms with van der Waals surface area (Å²) in [4.78, 5) is 0. The first-order valence-corrected chi connectivity index (χ1v) is 5.83. The fourth-order valence-electron chi connectivity index (χ4n) is 1.25. The van der Waals surface area contributed by atoms with Gasteiger partial charge in [0.1, 0.15) is 6.10 Å². The number of alkyl halides is 1. The number of aliphatic hydroxyl groups is 2.